The third-order valence-corrected chi connectivity index (χ3v) is 4.29. The van der Waals surface area contributed by atoms with E-state index < -0.39 is 5.91 Å². The summed E-state index contributed by atoms with van der Waals surface area (Å²) in [7, 11) is 2.08. The molecule has 0 aliphatic carbocycles. The van der Waals surface area contributed by atoms with Gasteiger partial charge in [-0.2, -0.15) is 0 Å². The lowest BCUT2D eigenvalue weighted by Crippen LogP contribution is -2.71. The van der Waals surface area contributed by atoms with E-state index >= 15 is 0 Å². The van der Waals surface area contributed by atoms with Crippen LogP contribution in [0, 0.1) is 5.41 Å². The summed E-state index contributed by atoms with van der Waals surface area (Å²) >= 11 is 0. The van der Waals surface area contributed by atoms with Gasteiger partial charge in [0.1, 0.15) is 0 Å². The van der Waals surface area contributed by atoms with Gasteiger partial charge in [-0.25, -0.2) is 0 Å². The Hall–Kier alpha value is -1.10. The molecule has 1 unspecified atom stereocenters. The Labute approximate surface area is 102 Å². The lowest BCUT2D eigenvalue weighted by molar-refractivity contribution is -0.180. The molecule has 17 heavy (non-hydrogen) atoms. The first-order chi connectivity index (χ1) is 8.01. The molecule has 0 aromatic heterocycles. The van der Waals surface area contributed by atoms with Gasteiger partial charge >= 0.3 is 0 Å². The van der Waals surface area contributed by atoms with Gasteiger partial charge in [0.2, 0.25) is 11.8 Å². The lowest BCUT2D eigenvalue weighted by atomic mass is 9.63. The number of piperidine rings is 1. The van der Waals surface area contributed by atoms with E-state index in [9.17, 15) is 9.59 Å². The van der Waals surface area contributed by atoms with E-state index in [0.717, 1.165) is 32.4 Å². The van der Waals surface area contributed by atoms with Crippen molar-refractivity contribution in [3.8, 4) is 0 Å². The molecule has 0 aromatic rings. The highest BCUT2D eigenvalue weighted by Crippen LogP contribution is 2.48. The highest BCUT2D eigenvalue weighted by Gasteiger charge is 2.59. The summed E-state index contributed by atoms with van der Waals surface area (Å²) in [6.07, 6.45) is 2.73. The van der Waals surface area contributed by atoms with Crippen LogP contribution in [0.3, 0.4) is 0 Å². The van der Waals surface area contributed by atoms with Crippen molar-refractivity contribution in [1.82, 2.24) is 9.80 Å². The summed E-state index contributed by atoms with van der Waals surface area (Å²) in [6.45, 7) is 4.08. The van der Waals surface area contributed by atoms with Gasteiger partial charge in [-0.3, -0.25) is 9.59 Å². The molecule has 1 atom stereocenters. The summed E-state index contributed by atoms with van der Waals surface area (Å²) in [6, 6.07) is 0.205. The minimum absolute atomic E-state index is 0.0783. The number of likely N-dealkylation sites (tertiary alicyclic amines) is 2. The molecule has 2 N–H and O–H groups in total. The van der Waals surface area contributed by atoms with Crippen LogP contribution in [0.1, 0.15) is 26.2 Å². The first-order valence-corrected chi connectivity index (χ1v) is 6.29. The Bertz CT molecular complexity index is 335. The highest BCUT2D eigenvalue weighted by molar-refractivity contribution is 5.93. The van der Waals surface area contributed by atoms with Crippen LogP contribution in [-0.2, 0) is 9.59 Å². The van der Waals surface area contributed by atoms with E-state index in [-0.39, 0.29) is 23.9 Å². The van der Waals surface area contributed by atoms with Crippen molar-refractivity contribution in [3.63, 3.8) is 0 Å². The Morgan fingerprint density at radius 1 is 1.47 bits per heavy atom. The smallest absolute Gasteiger partial charge is 0.237 e. The van der Waals surface area contributed by atoms with Crippen LogP contribution in [0.5, 0.6) is 0 Å². The third kappa shape index (κ3) is 1.82. The first-order valence-electron chi connectivity index (χ1n) is 6.29. The van der Waals surface area contributed by atoms with Gasteiger partial charge in [-0.1, -0.05) is 6.92 Å². The van der Waals surface area contributed by atoms with Crippen LogP contribution in [0.15, 0.2) is 0 Å². The second-order valence-electron chi connectivity index (χ2n) is 5.28. The molecule has 2 rings (SSSR count). The molecule has 2 fully saturated rings. The zero-order valence-electron chi connectivity index (χ0n) is 10.6. The second-order valence-corrected chi connectivity index (χ2v) is 5.28. The van der Waals surface area contributed by atoms with Gasteiger partial charge < -0.3 is 15.5 Å². The molecule has 2 amide bonds. The Balaban J connectivity index is 2.10. The molecular weight excluding hydrogens is 218 g/mol. The molecule has 0 bridgehead atoms. The number of carbonyl (C=O) groups is 2. The number of rotatable bonds is 3. The summed E-state index contributed by atoms with van der Waals surface area (Å²) < 4.78 is 0. The number of primary amides is 1. The molecular formula is C12H21N3O2. The van der Waals surface area contributed by atoms with Crippen LogP contribution >= 0.6 is 0 Å². The summed E-state index contributed by atoms with van der Waals surface area (Å²) in [5.41, 5.74) is 4.98. The lowest BCUT2D eigenvalue weighted by Gasteiger charge is -2.58. The molecule has 0 saturated carbocycles. The zero-order valence-corrected chi connectivity index (χ0v) is 10.6. The molecule has 1 spiro atoms. The van der Waals surface area contributed by atoms with E-state index in [0.29, 0.717) is 0 Å². The molecule has 2 aliphatic rings. The number of amides is 2. The quantitative estimate of drug-likeness (QED) is 0.694. The van der Waals surface area contributed by atoms with Crippen molar-refractivity contribution >= 4 is 11.8 Å². The number of β-lactam (4-membered cyclic amide) rings is 1. The van der Waals surface area contributed by atoms with Crippen LogP contribution in [0.2, 0.25) is 0 Å². The predicted octanol–water partition coefficient (Wildman–Crippen LogP) is -0.195. The predicted molar refractivity (Wildman–Crippen MR) is 64.2 cm³/mol. The average molecular weight is 239 g/mol. The molecule has 5 nitrogen and oxygen atoms in total. The van der Waals surface area contributed by atoms with E-state index in [2.05, 4.69) is 18.9 Å². The maximum absolute atomic E-state index is 12.2. The Kier molecular flexibility index (Phi) is 3.12. The van der Waals surface area contributed by atoms with Gasteiger partial charge in [-0.15, -0.1) is 0 Å². The minimum atomic E-state index is -0.417. The molecule has 96 valence electrons. The second kappa shape index (κ2) is 4.29. The van der Waals surface area contributed by atoms with E-state index in [1.807, 2.05) is 0 Å². The fraction of sp³-hybridized carbons (Fsp3) is 0.833. The van der Waals surface area contributed by atoms with Gasteiger partial charge in [0, 0.05) is 6.04 Å². The molecule has 2 heterocycles. The normalized spacial score (nSPS) is 28.2. The van der Waals surface area contributed by atoms with Crippen molar-refractivity contribution in [2.45, 2.75) is 32.2 Å². The molecule has 5 heteroatoms. The van der Waals surface area contributed by atoms with Gasteiger partial charge in [0.25, 0.3) is 0 Å². The molecule has 0 aromatic carbocycles. The number of carbonyl (C=O) groups excluding carboxylic acids is 2. The van der Waals surface area contributed by atoms with Crippen molar-refractivity contribution in [3.05, 3.63) is 0 Å². The van der Waals surface area contributed by atoms with Gasteiger partial charge in [0.05, 0.1) is 12.0 Å². The van der Waals surface area contributed by atoms with E-state index in [4.69, 9.17) is 5.73 Å². The Morgan fingerprint density at radius 3 is 2.53 bits per heavy atom. The number of hydrogen-bond donors (Lipinski definition) is 1. The SMILES string of the molecule is CCC1N(CC(N)=O)C(=O)C12CCN(C)CC2. The maximum atomic E-state index is 12.2. The third-order valence-electron chi connectivity index (χ3n) is 4.29. The van der Waals surface area contributed by atoms with Crippen molar-refractivity contribution < 1.29 is 9.59 Å². The van der Waals surface area contributed by atoms with E-state index in [1.165, 1.54) is 0 Å². The highest BCUT2D eigenvalue weighted by atomic mass is 16.2. The van der Waals surface area contributed by atoms with Crippen LogP contribution in [0.25, 0.3) is 0 Å². The van der Waals surface area contributed by atoms with Gasteiger partial charge in [0.15, 0.2) is 0 Å². The number of nitrogens with two attached hydrogens (primary N) is 1. The fourth-order valence-electron chi connectivity index (χ4n) is 3.33. The largest absolute Gasteiger partial charge is 0.368 e. The standard InChI is InChI=1S/C12H21N3O2/c1-3-9-12(4-6-14(2)7-5-12)11(17)15(9)8-10(13)16/h9H,3-8H2,1-2H3,(H2,13,16). The fourth-order valence-corrected chi connectivity index (χ4v) is 3.33. The number of hydrogen-bond acceptors (Lipinski definition) is 3. The average Bonchev–Trinajstić information content (AvgIpc) is 2.30. The van der Waals surface area contributed by atoms with E-state index in [1.54, 1.807) is 4.90 Å². The molecule has 2 saturated heterocycles. The van der Waals surface area contributed by atoms with Crippen molar-refractivity contribution in [2.75, 3.05) is 26.7 Å². The number of nitrogens with zero attached hydrogens (tertiary/aromatic N) is 2. The van der Waals surface area contributed by atoms with Crippen molar-refractivity contribution in [2.24, 2.45) is 11.1 Å². The summed E-state index contributed by atoms with van der Waals surface area (Å²) in [5, 5.41) is 0. The van der Waals surface area contributed by atoms with Crippen molar-refractivity contribution in [1.29, 1.82) is 0 Å². The summed E-state index contributed by atoms with van der Waals surface area (Å²) in [5.74, 6) is -0.282. The first kappa shape index (κ1) is 12.4. The summed E-state index contributed by atoms with van der Waals surface area (Å²) in [4.78, 5) is 27.1. The zero-order chi connectivity index (χ0) is 12.6. The van der Waals surface area contributed by atoms with Crippen LogP contribution in [0.4, 0.5) is 0 Å². The van der Waals surface area contributed by atoms with Gasteiger partial charge in [-0.05, 0) is 39.4 Å². The maximum Gasteiger partial charge on any atom is 0.237 e. The molecule has 2 aliphatic heterocycles. The topological polar surface area (TPSA) is 66.6 Å². The van der Waals surface area contributed by atoms with Crippen LogP contribution < -0.4 is 5.73 Å². The Morgan fingerprint density at radius 2 is 2.06 bits per heavy atom. The monoisotopic (exact) mass is 239 g/mol. The molecule has 0 radical (unpaired) electrons. The van der Waals surface area contributed by atoms with Crippen LogP contribution in [-0.4, -0.2) is 54.3 Å². The minimum Gasteiger partial charge on any atom is -0.368 e.